The summed E-state index contributed by atoms with van der Waals surface area (Å²) in [7, 11) is 4.17. The molecule has 156 valence electrons. The van der Waals surface area contributed by atoms with Crippen LogP contribution < -0.4 is 5.32 Å². The highest BCUT2D eigenvalue weighted by Gasteiger charge is 2.15. The molecule has 0 aromatic heterocycles. The van der Waals surface area contributed by atoms with Crippen LogP contribution in [-0.2, 0) is 6.54 Å². The summed E-state index contributed by atoms with van der Waals surface area (Å²) in [6.07, 6.45) is 0. The Morgan fingerprint density at radius 2 is 1.50 bits per heavy atom. The van der Waals surface area contributed by atoms with Crippen molar-refractivity contribution < 1.29 is 5.82 Å². The van der Waals surface area contributed by atoms with Crippen molar-refractivity contribution in [1.82, 2.24) is 4.90 Å². The Labute approximate surface area is 173 Å². The number of allylic oxidation sites excluding steroid dienone is 1. The first kappa shape index (κ1) is 23.9. The lowest BCUT2D eigenvalue weighted by atomic mass is 9.92. The molecule has 0 aliphatic carbocycles. The lowest BCUT2D eigenvalue weighted by Gasteiger charge is -2.21. The van der Waals surface area contributed by atoms with E-state index in [2.05, 4.69) is 89.8 Å². The minimum atomic E-state index is -0.162. The minimum absolute atomic E-state index is 0. The smallest absolute Gasteiger partial charge is 0.123 e. The molecule has 0 fully saturated rings. The monoisotopic (exact) mass is 386 g/mol. The molecule has 0 radical (unpaired) electrons. The van der Waals surface area contributed by atoms with Gasteiger partial charge in [0.15, 0.2) is 0 Å². The fraction of sp³-hybridized carbons (Fsp3) is 0.440. The highest BCUT2D eigenvalue weighted by atomic mass is 19.1. The summed E-state index contributed by atoms with van der Waals surface area (Å²) in [6, 6.07) is 11.9. The fourth-order valence-corrected chi connectivity index (χ4v) is 2.98. The van der Waals surface area contributed by atoms with Gasteiger partial charge in [-0.15, -0.1) is 0 Å². The summed E-state index contributed by atoms with van der Waals surface area (Å²) < 4.78 is 13.6. The van der Waals surface area contributed by atoms with Crippen LogP contribution in [0.15, 0.2) is 48.7 Å². The molecule has 0 atom stereocenters. The second-order valence-electron chi connectivity index (χ2n) is 8.40. The van der Waals surface area contributed by atoms with E-state index in [1.165, 1.54) is 11.1 Å². The number of anilines is 1. The minimum Gasteiger partial charge on any atom is -0.359 e. The predicted octanol–water partition coefficient (Wildman–Crippen LogP) is 7.32. The maximum atomic E-state index is 13.6. The molecular weight excluding hydrogens is 347 g/mol. The molecule has 2 nitrogen and oxygen atoms in total. The molecule has 0 bridgehead atoms. The van der Waals surface area contributed by atoms with Gasteiger partial charge in [0.05, 0.1) is 0 Å². The summed E-state index contributed by atoms with van der Waals surface area (Å²) in [4.78, 5) is 2.17. The third-order valence-corrected chi connectivity index (χ3v) is 4.37. The second kappa shape index (κ2) is 11.0. The van der Waals surface area contributed by atoms with Crippen molar-refractivity contribution in [3.63, 3.8) is 0 Å². The van der Waals surface area contributed by atoms with Crippen LogP contribution in [0.25, 0.3) is 0 Å². The van der Waals surface area contributed by atoms with E-state index in [1.54, 1.807) is 12.1 Å². The van der Waals surface area contributed by atoms with Crippen LogP contribution in [-0.4, -0.2) is 19.0 Å². The van der Waals surface area contributed by atoms with Crippen LogP contribution in [0.3, 0.4) is 0 Å². The predicted molar refractivity (Wildman–Crippen MR) is 124 cm³/mol. The van der Waals surface area contributed by atoms with Crippen molar-refractivity contribution in [2.75, 3.05) is 19.4 Å². The lowest BCUT2D eigenvalue weighted by Crippen LogP contribution is -2.10. The van der Waals surface area contributed by atoms with Gasteiger partial charge >= 0.3 is 0 Å². The van der Waals surface area contributed by atoms with Crippen molar-refractivity contribution >= 4 is 5.69 Å². The van der Waals surface area contributed by atoms with E-state index in [1.807, 2.05) is 6.92 Å². The summed E-state index contributed by atoms with van der Waals surface area (Å²) in [5.74, 6) is 0.403. The van der Waals surface area contributed by atoms with Gasteiger partial charge in [-0.25, -0.2) is 4.39 Å². The highest BCUT2D eigenvalue weighted by Crippen LogP contribution is 2.34. The van der Waals surface area contributed by atoms with E-state index >= 15 is 0 Å². The molecule has 2 rings (SSSR count). The molecule has 0 amide bonds. The standard InChI is InChI=1S/C15H22FN.C10H15N.H2/c1-9(2)13-7-12(16)8-14(10(3)4)15(13)17-11(5)6;1-9-4-6-10(7-5-9)8-11(2)3;/h7-10,17H,5H2,1-4,6H3;4-7H,8H2,1-3H3;1H. The normalized spacial score (nSPS) is 10.9. The van der Waals surface area contributed by atoms with Crippen LogP contribution in [0, 0.1) is 12.7 Å². The largest absolute Gasteiger partial charge is 0.359 e. The van der Waals surface area contributed by atoms with E-state index in [0.29, 0.717) is 0 Å². The van der Waals surface area contributed by atoms with Crippen LogP contribution in [0.1, 0.15) is 70.1 Å². The molecule has 3 heteroatoms. The van der Waals surface area contributed by atoms with Crippen LogP contribution in [0.4, 0.5) is 10.1 Å². The van der Waals surface area contributed by atoms with Gasteiger partial charge in [-0.2, -0.15) is 0 Å². The van der Waals surface area contributed by atoms with Gasteiger partial charge in [0.2, 0.25) is 0 Å². The van der Waals surface area contributed by atoms with Crippen molar-refractivity contribution in [2.24, 2.45) is 0 Å². The van der Waals surface area contributed by atoms with Gasteiger partial charge in [0.25, 0.3) is 0 Å². The first-order valence-electron chi connectivity index (χ1n) is 9.97. The Morgan fingerprint density at radius 1 is 1.04 bits per heavy atom. The molecule has 28 heavy (non-hydrogen) atoms. The van der Waals surface area contributed by atoms with Gasteiger partial charge in [0, 0.05) is 19.4 Å². The molecule has 0 saturated heterocycles. The fourth-order valence-electron chi connectivity index (χ4n) is 2.98. The Kier molecular flexibility index (Phi) is 9.40. The molecule has 0 saturated carbocycles. The molecule has 2 aromatic rings. The molecule has 0 aliphatic heterocycles. The van der Waals surface area contributed by atoms with Crippen molar-refractivity contribution in [3.05, 3.63) is 76.7 Å². The number of hydrogen-bond donors (Lipinski definition) is 1. The van der Waals surface area contributed by atoms with Gasteiger partial charge in [-0.3, -0.25) is 0 Å². The van der Waals surface area contributed by atoms with E-state index in [-0.39, 0.29) is 19.1 Å². The van der Waals surface area contributed by atoms with Crippen molar-refractivity contribution in [1.29, 1.82) is 0 Å². The second-order valence-corrected chi connectivity index (χ2v) is 8.40. The van der Waals surface area contributed by atoms with Gasteiger partial charge in [0.1, 0.15) is 5.82 Å². The molecular formula is C25H39FN2. The SMILES string of the molecule is C=C(C)Nc1c(C(C)C)cc(F)cc1C(C)C.Cc1ccc(CN(C)C)cc1.[HH]. The highest BCUT2D eigenvalue weighted by molar-refractivity contribution is 5.62. The first-order valence-corrected chi connectivity index (χ1v) is 9.97. The van der Waals surface area contributed by atoms with E-state index in [0.717, 1.165) is 29.1 Å². The zero-order valence-corrected chi connectivity index (χ0v) is 18.9. The Hall–Kier alpha value is -2.13. The number of nitrogens with one attached hydrogen (secondary N) is 1. The summed E-state index contributed by atoms with van der Waals surface area (Å²) in [5, 5.41) is 3.27. The Morgan fingerprint density at radius 3 is 1.86 bits per heavy atom. The summed E-state index contributed by atoms with van der Waals surface area (Å²) >= 11 is 0. The maximum Gasteiger partial charge on any atom is 0.123 e. The molecule has 0 aliphatic rings. The average Bonchev–Trinajstić information content (AvgIpc) is 2.57. The Bertz CT molecular complexity index is 736. The summed E-state index contributed by atoms with van der Waals surface area (Å²) in [5.41, 5.74) is 6.62. The van der Waals surface area contributed by atoms with Gasteiger partial charge in [-0.05, 0) is 68.6 Å². The number of nitrogens with zero attached hydrogens (tertiary/aromatic N) is 1. The third kappa shape index (κ3) is 7.85. The zero-order chi connectivity index (χ0) is 21.4. The van der Waals surface area contributed by atoms with E-state index < -0.39 is 0 Å². The van der Waals surface area contributed by atoms with Crippen molar-refractivity contribution in [3.8, 4) is 0 Å². The lowest BCUT2D eigenvalue weighted by molar-refractivity contribution is 0.402. The van der Waals surface area contributed by atoms with Gasteiger partial charge < -0.3 is 10.2 Å². The molecule has 2 aromatic carbocycles. The molecule has 1 N–H and O–H groups in total. The number of benzene rings is 2. The zero-order valence-electron chi connectivity index (χ0n) is 18.9. The van der Waals surface area contributed by atoms with Crippen LogP contribution in [0.5, 0.6) is 0 Å². The number of halogens is 1. The molecule has 0 heterocycles. The van der Waals surface area contributed by atoms with E-state index in [9.17, 15) is 4.39 Å². The van der Waals surface area contributed by atoms with E-state index in [4.69, 9.17) is 0 Å². The average molecular weight is 387 g/mol. The number of rotatable bonds is 6. The number of aryl methyl sites for hydroxylation is 1. The van der Waals surface area contributed by atoms with Gasteiger partial charge in [-0.1, -0.05) is 64.1 Å². The van der Waals surface area contributed by atoms with Crippen molar-refractivity contribution in [2.45, 2.75) is 59.9 Å². The molecule has 0 unspecified atom stereocenters. The topological polar surface area (TPSA) is 15.3 Å². The number of hydrogen-bond acceptors (Lipinski definition) is 2. The summed E-state index contributed by atoms with van der Waals surface area (Å²) in [6.45, 7) is 17.2. The third-order valence-electron chi connectivity index (χ3n) is 4.37. The first-order chi connectivity index (χ1) is 13.0. The Balaban J connectivity index is 0.000000568. The quantitative estimate of drug-likeness (QED) is 0.559. The maximum absolute atomic E-state index is 13.6. The molecule has 0 spiro atoms. The van der Waals surface area contributed by atoms with Crippen LogP contribution in [0.2, 0.25) is 0 Å². The van der Waals surface area contributed by atoms with Crippen LogP contribution >= 0.6 is 0 Å².